The van der Waals surface area contributed by atoms with E-state index in [-0.39, 0.29) is 5.91 Å². The van der Waals surface area contributed by atoms with Gasteiger partial charge in [0.15, 0.2) is 6.23 Å². The van der Waals surface area contributed by atoms with Crippen molar-refractivity contribution in [3.05, 3.63) is 59.7 Å². The van der Waals surface area contributed by atoms with Crippen molar-refractivity contribution < 1.29 is 9.90 Å². The topological polar surface area (TPSA) is 40.5 Å². The number of hydrogen-bond acceptors (Lipinski definition) is 3. The van der Waals surface area contributed by atoms with E-state index in [4.69, 9.17) is 0 Å². The predicted molar refractivity (Wildman–Crippen MR) is 71.9 cm³/mol. The van der Waals surface area contributed by atoms with E-state index in [1.165, 1.54) is 4.90 Å². The van der Waals surface area contributed by atoms with E-state index < -0.39 is 6.23 Å². The maximum absolute atomic E-state index is 12.3. The molecule has 3 nitrogen and oxygen atoms in total. The zero-order valence-electron chi connectivity index (χ0n) is 9.45. The van der Waals surface area contributed by atoms with Gasteiger partial charge >= 0.3 is 0 Å². The van der Waals surface area contributed by atoms with Crippen LogP contribution in [0.5, 0.6) is 0 Å². The molecule has 1 aliphatic rings. The summed E-state index contributed by atoms with van der Waals surface area (Å²) in [5.74, 6) is -0.195. The molecule has 0 bridgehead atoms. The highest BCUT2D eigenvalue weighted by atomic mass is 32.1. The highest BCUT2D eigenvalue weighted by molar-refractivity contribution is 7.80. The van der Waals surface area contributed by atoms with E-state index in [9.17, 15) is 9.90 Å². The quantitative estimate of drug-likeness (QED) is 0.771. The molecule has 4 heteroatoms. The lowest BCUT2D eigenvalue weighted by Crippen LogP contribution is -2.27. The Hall–Kier alpha value is -1.78. The zero-order chi connectivity index (χ0) is 12.7. The van der Waals surface area contributed by atoms with Crippen molar-refractivity contribution in [1.29, 1.82) is 0 Å². The van der Waals surface area contributed by atoms with Crippen LogP contribution in [0.2, 0.25) is 0 Å². The lowest BCUT2D eigenvalue weighted by Gasteiger charge is -2.22. The summed E-state index contributed by atoms with van der Waals surface area (Å²) in [6.07, 6.45) is -0.943. The van der Waals surface area contributed by atoms with Gasteiger partial charge in [0, 0.05) is 16.0 Å². The van der Waals surface area contributed by atoms with E-state index >= 15 is 0 Å². The Kier molecular flexibility index (Phi) is 2.61. The summed E-state index contributed by atoms with van der Waals surface area (Å²) in [4.78, 5) is 14.3. The number of aliphatic hydroxyl groups is 1. The third kappa shape index (κ3) is 1.54. The van der Waals surface area contributed by atoms with Gasteiger partial charge in [-0.3, -0.25) is 9.69 Å². The fourth-order valence-electron chi connectivity index (χ4n) is 2.21. The Labute approximate surface area is 110 Å². The first kappa shape index (κ1) is 11.3. The van der Waals surface area contributed by atoms with Crippen molar-refractivity contribution in [2.45, 2.75) is 11.1 Å². The van der Waals surface area contributed by atoms with Crippen LogP contribution in [-0.4, -0.2) is 11.0 Å². The second kappa shape index (κ2) is 4.15. The molecule has 2 aromatic carbocycles. The van der Waals surface area contributed by atoms with Crippen LogP contribution in [0.3, 0.4) is 0 Å². The monoisotopic (exact) mass is 257 g/mol. The van der Waals surface area contributed by atoms with E-state index in [1.807, 2.05) is 18.2 Å². The Morgan fingerprint density at radius 1 is 1.06 bits per heavy atom. The van der Waals surface area contributed by atoms with E-state index in [2.05, 4.69) is 12.6 Å². The van der Waals surface area contributed by atoms with Crippen molar-refractivity contribution in [3.8, 4) is 0 Å². The van der Waals surface area contributed by atoms with Gasteiger partial charge in [0.1, 0.15) is 0 Å². The summed E-state index contributed by atoms with van der Waals surface area (Å²) in [6.45, 7) is 0. The Balaban J connectivity index is 2.13. The second-order valence-corrected chi connectivity index (χ2v) is 4.61. The van der Waals surface area contributed by atoms with Crippen molar-refractivity contribution in [1.82, 2.24) is 0 Å². The Morgan fingerprint density at radius 2 is 1.72 bits per heavy atom. The second-order valence-electron chi connectivity index (χ2n) is 4.12. The summed E-state index contributed by atoms with van der Waals surface area (Å²) in [6, 6.07) is 14.3. The number of amides is 1. The van der Waals surface area contributed by atoms with Crippen LogP contribution in [0.25, 0.3) is 0 Å². The first-order chi connectivity index (χ1) is 8.70. The van der Waals surface area contributed by atoms with Gasteiger partial charge in [0.2, 0.25) is 0 Å². The molecule has 1 N–H and O–H groups in total. The number of para-hydroxylation sites is 1. The Morgan fingerprint density at radius 3 is 2.44 bits per heavy atom. The van der Waals surface area contributed by atoms with E-state index in [0.717, 1.165) is 0 Å². The number of nitrogens with zero attached hydrogens (tertiary/aromatic N) is 1. The van der Waals surface area contributed by atoms with Gasteiger partial charge in [-0.15, -0.1) is 12.6 Å². The van der Waals surface area contributed by atoms with Crippen molar-refractivity contribution >= 4 is 24.2 Å². The third-order valence-electron chi connectivity index (χ3n) is 3.07. The van der Waals surface area contributed by atoms with E-state index in [1.54, 1.807) is 30.3 Å². The number of fused-ring (bicyclic) bond motifs is 1. The highest BCUT2D eigenvalue weighted by Crippen LogP contribution is 2.37. The number of hydrogen-bond donors (Lipinski definition) is 2. The van der Waals surface area contributed by atoms with Crippen molar-refractivity contribution in [3.63, 3.8) is 0 Å². The molecule has 90 valence electrons. The van der Waals surface area contributed by atoms with Crippen molar-refractivity contribution in [2.24, 2.45) is 0 Å². The average Bonchev–Trinajstić information content (AvgIpc) is 2.64. The van der Waals surface area contributed by atoms with Gasteiger partial charge in [-0.2, -0.15) is 0 Å². The van der Waals surface area contributed by atoms with Gasteiger partial charge in [0.25, 0.3) is 5.91 Å². The predicted octanol–water partition coefficient (Wildman–Crippen LogP) is 2.63. The number of aliphatic hydroxyl groups excluding tert-OH is 1. The number of thiol groups is 1. The zero-order valence-corrected chi connectivity index (χ0v) is 10.3. The molecule has 1 atom stereocenters. The standard InChI is InChI=1S/C14H11NO2S/c16-13-9-5-1-2-6-10(9)14(17)15(13)11-7-3-4-8-12(11)18/h1-8,13,16,18H. The maximum Gasteiger partial charge on any atom is 0.261 e. The number of rotatable bonds is 1. The summed E-state index contributed by atoms with van der Waals surface area (Å²) in [7, 11) is 0. The van der Waals surface area contributed by atoms with E-state index in [0.29, 0.717) is 21.7 Å². The lowest BCUT2D eigenvalue weighted by atomic mass is 10.1. The third-order valence-corrected chi connectivity index (χ3v) is 3.45. The molecule has 1 unspecified atom stereocenters. The summed E-state index contributed by atoms with van der Waals surface area (Å²) >= 11 is 4.33. The van der Waals surface area contributed by atoms with Gasteiger partial charge in [-0.1, -0.05) is 30.3 Å². The van der Waals surface area contributed by atoms with Gasteiger partial charge in [-0.25, -0.2) is 0 Å². The van der Waals surface area contributed by atoms with Crippen LogP contribution in [0, 0.1) is 0 Å². The molecule has 1 heterocycles. The van der Waals surface area contributed by atoms with Crippen LogP contribution in [0.4, 0.5) is 5.69 Å². The first-order valence-corrected chi connectivity index (χ1v) is 6.03. The molecule has 2 aromatic rings. The number of carbonyl (C=O) groups is 1. The molecule has 1 aliphatic heterocycles. The lowest BCUT2D eigenvalue weighted by molar-refractivity contribution is 0.0934. The number of carbonyl (C=O) groups excluding carboxylic acids is 1. The minimum absolute atomic E-state index is 0.195. The SMILES string of the molecule is O=C1c2ccccc2C(O)N1c1ccccc1S. The summed E-state index contributed by atoms with van der Waals surface area (Å²) < 4.78 is 0. The smallest absolute Gasteiger partial charge is 0.261 e. The molecule has 18 heavy (non-hydrogen) atoms. The van der Waals surface area contributed by atoms with Gasteiger partial charge < -0.3 is 5.11 Å². The fourth-order valence-corrected chi connectivity index (χ4v) is 2.47. The van der Waals surface area contributed by atoms with Crippen LogP contribution >= 0.6 is 12.6 Å². The first-order valence-electron chi connectivity index (χ1n) is 5.58. The van der Waals surface area contributed by atoms with Gasteiger partial charge in [0.05, 0.1) is 5.69 Å². The molecule has 1 amide bonds. The molecule has 0 fully saturated rings. The minimum atomic E-state index is -0.943. The van der Waals surface area contributed by atoms with Crippen LogP contribution in [0.1, 0.15) is 22.1 Å². The summed E-state index contributed by atoms with van der Waals surface area (Å²) in [5.41, 5.74) is 1.80. The largest absolute Gasteiger partial charge is 0.369 e. The van der Waals surface area contributed by atoms with Crippen LogP contribution in [0.15, 0.2) is 53.4 Å². The molecule has 0 aromatic heterocycles. The molecule has 0 saturated carbocycles. The molecular weight excluding hydrogens is 246 g/mol. The number of anilines is 1. The minimum Gasteiger partial charge on any atom is -0.369 e. The molecular formula is C14H11NO2S. The fraction of sp³-hybridized carbons (Fsp3) is 0.0714. The highest BCUT2D eigenvalue weighted by Gasteiger charge is 2.36. The number of benzene rings is 2. The molecule has 0 saturated heterocycles. The van der Waals surface area contributed by atoms with Crippen LogP contribution < -0.4 is 4.90 Å². The van der Waals surface area contributed by atoms with Gasteiger partial charge in [-0.05, 0) is 18.2 Å². The average molecular weight is 257 g/mol. The normalized spacial score (nSPS) is 18.0. The Bertz CT molecular complexity index is 627. The molecule has 3 rings (SSSR count). The van der Waals surface area contributed by atoms with Crippen molar-refractivity contribution in [2.75, 3.05) is 4.90 Å². The maximum atomic E-state index is 12.3. The molecule has 0 aliphatic carbocycles. The molecule has 0 radical (unpaired) electrons. The molecule has 0 spiro atoms. The van der Waals surface area contributed by atoms with Crippen LogP contribution in [-0.2, 0) is 0 Å². The summed E-state index contributed by atoms with van der Waals surface area (Å²) in [5, 5.41) is 10.3.